The minimum Gasteiger partial charge on any atom is -0.394 e. The van der Waals surface area contributed by atoms with E-state index in [9.17, 15) is 23.4 Å². The highest BCUT2D eigenvalue weighted by molar-refractivity contribution is 7.89. The molecule has 6 nitrogen and oxygen atoms in total. The third kappa shape index (κ3) is 2.47. The topological polar surface area (TPSA) is 94.9 Å². The zero-order chi connectivity index (χ0) is 14.9. The van der Waals surface area contributed by atoms with Gasteiger partial charge >= 0.3 is 0 Å². The van der Waals surface area contributed by atoms with Crippen molar-refractivity contribution in [1.29, 1.82) is 0 Å². The van der Waals surface area contributed by atoms with E-state index in [1.54, 1.807) is 12.1 Å². The van der Waals surface area contributed by atoms with Gasteiger partial charge in [-0.15, -0.1) is 0 Å². The Hall–Kier alpha value is -1.70. The molecule has 0 radical (unpaired) electrons. The summed E-state index contributed by atoms with van der Waals surface area (Å²) in [5.41, 5.74) is 0.882. The van der Waals surface area contributed by atoms with Gasteiger partial charge in [0.05, 0.1) is 17.6 Å². The van der Waals surface area contributed by atoms with E-state index in [1.165, 1.54) is 18.2 Å². The minimum absolute atomic E-state index is 0.0580. The molecule has 0 saturated heterocycles. The lowest BCUT2D eigenvalue weighted by molar-refractivity contribution is -0.126. The molecular weight excluding hydrogens is 282 g/mol. The Labute approximate surface area is 117 Å². The van der Waals surface area contributed by atoms with Crippen LogP contribution >= 0.6 is 0 Å². The Morgan fingerprint density at radius 1 is 1.25 bits per heavy atom. The van der Waals surface area contributed by atoms with E-state index in [2.05, 4.69) is 0 Å². The number of carbonyl (C=O) groups excluding carboxylic acids is 1. The SMILES string of the molecule is Cc1ccc(S(=O)(=O)N2C(=O)C=C[C@H](O)[C@H]2CO)cc1. The lowest BCUT2D eigenvalue weighted by Gasteiger charge is -2.33. The van der Waals surface area contributed by atoms with E-state index in [-0.39, 0.29) is 4.90 Å². The summed E-state index contributed by atoms with van der Waals surface area (Å²) in [6, 6.07) is 4.79. The van der Waals surface area contributed by atoms with Crippen molar-refractivity contribution in [2.45, 2.75) is 24.0 Å². The van der Waals surface area contributed by atoms with Gasteiger partial charge in [0, 0.05) is 6.08 Å². The van der Waals surface area contributed by atoms with Crippen LogP contribution in [0.25, 0.3) is 0 Å². The molecule has 7 heteroatoms. The van der Waals surface area contributed by atoms with E-state index in [0.29, 0.717) is 4.31 Å². The average Bonchev–Trinajstić information content (AvgIpc) is 2.41. The highest BCUT2D eigenvalue weighted by Crippen LogP contribution is 2.23. The Bertz CT molecular complexity index is 635. The molecule has 20 heavy (non-hydrogen) atoms. The van der Waals surface area contributed by atoms with Gasteiger partial charge in [0.15, 0.2) is 0 Å². The fourth-order valence-electron chi connectivity index (χ4n) is 1.99. The number of aliphatic hydroxyl groups excluding tert-OH is 2. The third-order valence-electron chi connectivity index (χ3n) is 3.11. The molecule has 2 N–H and O–H groups in total. The van der Waals surface area contributed by atoms with Crippen molar-refractivity contribution in [1.82, 2.24) is 4.31 Å². The Morgan fingerprint density at radius 3 is 2.40 bits per heavy atom. The standard InChI is InChI=1S/C13H15NO5S/c1-9-2-4-10(5-3-9)20(18,19)14-11(8-15)12(16)6-7-13(14)17/h2-7,11-12,15-16H,8H2,1H3/t11-,12+/m1/s1. The molecule has 1 aliphatic rings. The number of hydrogen-bond donors (Lipinski definition) is 2. The van der Waals surface area contributed by atoms with Crippen LogP contribution in [0, 0.1) is 6.92 Å². The highest BCUT2D eigenvalue weighted by atomic mass is 32.2. The molecule has 1 amide bonds. The zero-order valence-electron chi connectivity index (χ0n) is 10.8. The number of aryl methyl sites for hydroxylation is 1. The fraction of sp³-hybridized carbons (Fsp3) is 0.308. The van der Waals surface area contributed by atoms with Gasteiger partial charge in [-0.2, -0.15) is 0 Å². The van der Waals surface area contributed by atoms with Crippen LogP contribution in [0.2, 0.25) is 0 Å². The predicted molar refractivity (Wildman–Crippen MR) is 71.2 cm³/mol. The molecule has 1 aromatic carbocycles. The molecule has 1 heterocycles. The second kappa shape index (κ2) is 5.35. The van der Waals surface area contributed by atoms with Crippen LogP contribution < -0.4 is 0 Å². The monoisotopic (exact) mass is 297 g/mol. The molecular formula is C13H15NO5S. The molecule has 108 valence electrons. The number of benzene rings is 1. The number of aliphatic hydroxyl groups is 2. The van der Waals surface area contributed by atoms with E-state index in [0.717, 1.165) is 11.6 Å². The van der Waals surface area contributed by atoms with Crippen molar-refractivity contribution in [3.05, 3.63) is 42.0 Å². The van der Waals surface area contributed by atoms with Gasteiger partial charge in [-0.05, 0) is 25.1 Å². The van der Waals surface area contributed by atoms with Crippen molar-refractivity contribution < 1.29 is 23.4 Å². The second-order valence-electron chi connectivity index (χ2n) is 4.55. The average molecular weight is 297 g/mol. The van der Waals surface area contributed by atoms with E-state index >= 15 is 0 Å². The maximum absolute atomic E-state index is 12.5. The largest absolute Gasteiger partial charge is 0.394 e. The number of rotatable bonds is 3. The molecule has 0 spiro atoms. The van der Waals surface area contributed by atoms with Crippen LogP contribution in [0.4, 0.5) is 0 Å². The first-order valence-corrected chi connectivity index (χ1v) is 7.44. The first kappa shape index (κ1) is 14.7. The van der Waals surface area contributed by atoms with Crippen molar-refractivity contribution in [2.24, 2.45) is 0 Å². The summed E-state index contributed by atoms with van der Waals surface area (Å²) in [4.78, 5) is 11.8. The molecule has 0 unspecified atom stereocenters. The zero-order valence-corrected chi connectivity index (χ0v) is 11.6. The van der Waals surface area contributed by atoms with Crippen LogP contribution in [0.3, 0.4) is 0 Å². The molecule has 0 aromatic heterocycles. The van der Waals surface area contributed by atoms with Crippen LogP contribution in [0.5, 0.6) is 0 Å². The second-order valence-corrected chi connectivity index (χ2v) is 6.37. The number of sulfonamides is 1. The van der Waals surface area contributed by atoms with E-state index < -0.39 is 34.7 Å². The van der Waals surface area contributed by atoms with Gasteiger partial charge < -0.3 is 10.2 Å². The summed E-state index contributed by atoms with van der Waals surface area (Å²) in [5.74, 6) is -0.782. The molecule has 0 aliphatic carbocycles. The summed E-state index contributed by atoms with van der Waals surface area (Å²) in [7, 11) is -4.11. The number of amides is 1. The summed E-state index contributed by atoms with van der Waals surface area (Å²) in [6.07, 6.45) is 0.936. The lowest BCUT2D eigenvalue weighted by Crippen LogP contribution is -2.53. The van der Waals surface area contributed by atoms with Gasteiger partial charge in [0.25, 0.3) is 15.9 Å². The van der Waals surface area contributed by atoms with Crippen molar-refractivity contribution in [3.63, 3.8) is 0 Å². The summed E-state index contributed by atoms with van der Waals surface area (Å²) in [5, 5.41) is 19.0. The van der Waals surface area contributed by atoms with Crippen molar-refractivity contribution in [2.75, 3.05) is 6.61 Å². The summed E-state index contributed by atoms with van der Waals surface area (Å²) >= 11 is 0. The van der Waals surface area contributed by atoms with Crippen LogP contribution in [0.1, 0.15) is 5.56 Å². The first-order valence-electron chi connectivity index (χ1n) is 6.00. The number of carbonyl (C=O) groups is 1. The molecule has 2 atom stereocenters. The molecule has 0 fully saturated rings. The Balaban J connectivity index is 2.49. The fourth-order valence-corrected chi connectivity index (χ4v) is 3.54. The van der Waals surface area contributed by atoms with Gasteiger partial charge in [-0.1, -0.05) is 17.7 Å². The van der Waals surface area contributed by atoms with Gasteiger partial charge in [0.2, 0.25) is 0 Å². The maximum atomic E-state index is 12.5. The molecule has 1 aliphatic heterocycles. The smallest absolute Gasteiger partial charge is 0.267 e. The first-order chi connectivity index (χ1) is 9.37. The lowest BCUT2D eigenvalue weighted by atomic mass is 10.1. The molecule has 0 saturated carbocycles. The normalized spacial score (nSPS) is 23.1. The van der Waals surface area contributed by atoms with Gasteiger partial charge in [-0.3, -0.25) is 4.79 Å². The van der Waals surface area contributed by atoms with Crippen molar-refractivity contribution >= 4 is 15.9 Å². The highest BCUT2D eigenvalue weighted by Gasteiger charge is 2.39. The predicted octanol–water partition coefficient (Wildman–Crippen LogP) is -0.196. The third-order valence-corrected chi connectivity index (χ3v) is 4.95. The maximum Gasteiger partial charge on any atom is 0.267 e. The van der Waals surface area contributed by atoms with Crippen LogP contribution in [0.15, 0.2) is 41.3 Å². The molecule has 0 bridgehead atoms. The van der Waals surface area contributed by atoms with Gasteiger partial charge in [0.1, 0.15) is 6.04 Å². The Morgan fingerprint density at radius 2 is 1.85 bits per heavy atom. The van der Waals surface area contributed by atoms with Crippen molar-refractivity contribution in [3.8, 4) is 0 Å². The summed E-state index contributed by atoms with van der Waals surface area (Å²) < 4.78 is 25.5. The summed E-state index contributed by atoms with van der Waals surface area (Å²) in [6.45, 7) is 1.16. The Kier molecular flexibility index (Phi) is 3.94. The van der Waals surface area contributed by atoms with Crippen LogP contribution in [-0.2, 0) is 14.8 Å². The van der Waals surface area contributed by atoms with Gasteiger partial charge in [-0.25, -0.2) is 12.7 Å². The van der Waals surface area contributed by atoms with E-state index in [1.807, 2.05) is 6.92 Å². The van der Waals surface area contributed by atoms with Crippen LogP contribution in [-0.4, -0.2) is 47.6 Å². The molecule has 1 aromatic rings. The van der Waals surface area contributed by atoms with E-state index in [4.69, 9.17) is 0 Å². The quantitative estimate of drug-likeness (QED) is 0.806. The molecule has 2 rings (SSSR count). The minimum atomic E-state index is -4.11. The number of nitrogens with zero attached hydrogens (tertiary/aromatic N) is 1. The number of hydrogen-bond acceptors (Lipinski definition) is 5.